The van der Waals surface area contributed by atoms with Crippen LogP contribution in [0.1, 0.15) is 35.2 Å². The molecule has 0 saturated heterocycles. The minimum absolute atomic E-state index is 0.0575. The number of hydrogen-bond donors (Lipinski definition) is 2. The topological polar surface area (TPSA) is 84.5 Å². The van der Waals surface area contributed by atoms with Crippen LogP contribution in [0.5, 0.6) is 0 Å². The molecule has 0 heterocycles. The van der Waals surface area contributed by atoms with Crippen molar-refractivity contribution >= 4 is 15.9 Å². The number of nitrogens with one attached hydrogen (secondary N) is 2. The van der Waals surface area contributed by atoms with Crippen LogP contribution in [0.3, 0.4) is 0 Å². The van der Waals surface area contributed by atoms with Crippen molar-refractivity contribution < 1.29 is 17.9 Å². The van der Waals surface area contributed by atoms with Gasteiger partial charge in [0, 0.05) is 24.8 Å². The molecule has 2 aromatic carbocycles. The van der Waals surface area contributed by atoms with Gasteiger partial charge in [0.25, 0.3) is 5.91 Å². The van der Waals surface area contributed by atoms with Crippen LogP contribution in [-0.4, -0.2) is 33.5 Å². The van der Waals surface area contributed by atoms with Gasteiger partial charge >= 0.3 is 0 Å². The highest BCUT2D eigenvalue weighted by Gasteiger charge is 2.27. The number of ether oxygens (including phenoxy) is 1. The SMILES string of the molecule is O=C(NCCCOCc1ccccc1)c1ccc(S(=O)(=O)NC2CC2)cc1. The molecule has 0 unspecified atom stereocenters. The van der Waals surface area contributed by atoms with E-state index in [0.29, 0.717) is 31.7 Å². The van der Waals surface area contributed by atoms with E-state index in [1.54, 1.807) is 0 Å². The highest BCUT2D eigenvalue weighted by Crippen LogP contribution is 2.22. The molecule has 1 aliphatic carbocycles. The Bertz CT molecular complexity index is 847. The van der Waals surface area contributed by atoms with Gasteiger partial charge in [-0.2, -0.15) is 0 Å². The maximum atomic E-state index is 12.1. The van der Waals surface area contributed by atoms with E-state index in [4.69, 9.17) is 4.74 Å². The second kappa shape index (κ2) is 9.12. The predicted octanol–water partition coefficient (Wildman–Crippen LogP) is 2.46. The normalized spacial score (nSPS) is 14.1. The Morgan fingerprint density at radius 3 is 2.41 bits per heavy atom. The molecule has 0 aliphatic heterocycles. The number of benzene rings is 2. The lowest BCUT2D eigenvalue weighted by Gasteiger charge is -2.08. The molecule has 1 amide bonds. The molecule has 1 aliphatic rings. The zero-order valence-corrected chi connectivity index (χ0v) is 15.9. The van der Waals surface area contributed by atoms with E-state index in [9.17, 15) is 13.2 Å². The van der Waals surface area contributed by atoms with E-state index in [1.165, 1.54) is 24.3 Å². The highest BCUT2D eigenvalue weighted by molar-refractivity contribution is 7.89. The van der Waals surface area contributed by atoms with E-state index < -0.39 is 10.0 Å². The standard InChI is InChI=1S/C20H24N2O4S/c23-20(21-13-4-14-26-15-16-5-2-1-3-6-16)17-7-11-19(12-8-17)27(24,25)22-18-9-10-18/h1-3,5-8,11-12,18,22H,4,9-10,13-15H2,(H,21,23). The van der Waals surface area contributed by atoms with Crippen molar-refractivity contribution in [1.29, 1.82) is 0 Å². The molecule has 0 aromatic heterocycles. The Morgan fingerprint density at radius 2 is 1.74 bits per heavy atom. The Labute approximate surface area is 160 Å². The maximum Gasteiger partial charge on any atom is 0.251 e. The third kappa shape index (κ3) is 6.16. The van der Waals surface area contributed by atoms with Crippen LogP contribution >= 0.6 is 0 Å². The zero-order valence-electron chi connectivity index (χ0n) is 15.1. The molecule has 3 rings (SSSR count). The maximum absolute atomic E-state index is 12.1. The fourth-order valence-corrected chi connectivity index (χ4v) is 3.82. The lowest BCUT2D eigenvalue weighted by Crippen LogP contribution is -2.27. The molecule has 0 spiro atoms. The van der Waals surface area contributed by atoms with Gasteiger partial charge in [-0.15, -0.1) is 0 Å². The molecule has 2 aromatic rings. The quantitative estimate of drug-likeness (QED) is 0.613. The monoisotopic (exact) mass is 388 g/mol. The van der Waals surface area contributed by atoms with Crippen molar-refractivity contribution in [3.05, 3.63) is 65.7 Å². The number of carbonyl (C=O) groups excluding carboxylic acids is 1. The van der Waals surface area contributed by atoms with E-state index in [0.717, 1.165) is 18.4 Å². The van der Waals surface area contributed by atoms with Crippen molar-refractivity contribution in [2.45, 2.75) is 36.8 Å². The summed E-state index contributed by atoms with van der Waals surface area (Å²) in [6, 6.07) is 16.0. The van der Waals surface area contributed by atoms with Crippen LogP contribution in [-0.2, 0) is 21.4 Å². The summed E-state index contributed by atoms with van der Waals surface area (Å²) >= 11 is 0. The minimum Gasteiger partial charge on any atom is -0.377 e. The fourth-order valence-electron chi connectivity index (χ4n) is 2.52. The van der Waals surface area contributed by atoms with Crippen LogP contribution in [0.4, 0.5) is 0 Å². The molecule has 1 fully saturated rings. The first kappa shape index (κ1) is 19.5. The fraction of sp³-hybridized carbons (Fsp3) is 0.350. The molecule has 6 nitrogen and oxygen atoms in total. The lowest BCUT2D eigenvalue weighted by molar-refractivity contribution is 0.0934. The molecular formula is C20H24N2O4S. The summed E-state index contributed by atoms with van der Waals surface area (Å²) in [7, 11) is -3.49. The van der Waals surface area contributed by atoms with Crippen molar-refractivity contribution in [2.24, 2.45) is 0 Å². The number of rotatable bonds is 10. The van der Waals surface area contributed by atoms with E-state index >= 15 is 0 Å². The van der Waals surface area contributed by atoms with Gasteiger partial charge in [0.2, 0.25) is 10.0 Å². The second-order valence-electron chi connectivity index (χ2n) is 6.57. The minimum atomic E-state index is -3.49. The molecule has 27 heavy (non-hydrogen) atoms. The average Bonchev–Trinajstić information content (AvgIpc) is 3.48. The Balaban J connectivity index is 1.38. The van der Waals surface area contributed by atoms with Crippen molar-refractivity contribution in [1.82, 2.24) is 10.0 Å². The van der Waals surface area contributed by atoms with Gasteiger partial charge in [-0.1, -0.05) is 30.3 Å². The summed E-state index contributed by atoms with van der Waals surface area (Å²) < 4.78 is 32.4. The largest absolute Gasteiger partial charge is 0.377 e. The van der Waals surface area contributed by atoms with Crippen molar-refractivity contribution in [3.63, 3.8) is 0 Å². The van der Waals surface area contributed by atoms with Crippen LogP contribution in [0, 0.1) is 0 Å². The summed E-state index contributed by atoms with van der Waals surface area (Å²) in [6.45, 7) is 1.61. The van der Waals surface area contributed by atoms with Crippen LogP contribution in [0.25, 0.3) is 0 Å². The summed E-state index contributed by atoms with van der Waals surface area (Å²) in [6.07, 6.45) is 2.47. The van der Waals surface area contributed by atoms with Crippen LogP contribution in [0.2, 0.25) is 0 Å². The molecule has 0 bridgehead atoms. The first-order valence-corrected chi connectivity index (χ1v) is 10.6. The van der Waals surface area contributed by atoms with E-state index in [2.05, 4.69) is 10.0 Å². The van der Waals surface area contributed by atoms with Gasteiger partial charge in [0.1, 0.15) is 0 Å². The average molecular weight is 388 g/mol. The van der Waals surface area contributed by atoms with Crippen LogP contribution < -0.4 is 10.0 Å². The molecule has 7 heteroatoms. The molecule has 0 atom stereocenters. The van der Waals surface area contributed by atoms with Gasteiger partial charge < -0.3 is 10.1 Å². The number of hydrogen-bond acceptors (Lipinski definition) is 4. The van der Waals surface area contributed by atoms with Gasteiger partial charge in [0.15, 0.2) is 0 Å². The summed E-state index contributed by atoms with van der Waals surface area (Å²) in [5.41, 5.74) is 1.55. The van der Waals surface area contributed by atoms with E-state index in [-0.39, 0.29) is 16.8 Å². The number of amides is 1. The van der Waals surface area contributed by atoms with Gasteiger partial charge in [-0.05, 0) is 49.1 Å². The van der Waals surface area contributed by atoms with Crippen molar-refractivity contribution in [2.75, 3.05) is 13.2 Å². The Kier molecular flexibility index (Phi) is 6.60. The van der Waals surface area contributed by atoms with Gasteiger partial charge in [-0.25, -0.2) is 13.1 Å². The second-order valence-corrected chi connectivity index (χ2v) is 8.28. The molecular weight excluding hydrogens is 364 g/mol. The smallest absolute Gasteiger partial charge is 0.251 e. The lowest BCUT2D eigenvalue weighted by atomic mass is 10.2. The van der Waals surface area contributed by atoms with Crippen LogP contribution in [0.15, 0.2) is 59.5 Å². The van der Waals surface area contributed by atoms with Gasteiger partial charge in [-0.3, -0.25) is 4.79 Å². The number of sulfonamides is 1. The predicted molar refractivity (Wildman–Crippen MR) is 103 cm³/mol. The summed E-state index contributed by atoms with van der Waals surface area (Å²) in [5.74, 6) is -0.225. The first-order valence-electron chi connectivity index (χ1n) is 9.07. The first-order chi connectivity index (χ1) is 13.0. The number of carbonyl (C=O) groups is 1. The third-order valence-corrected chi connectivity index (χ3v) is 5.72. The highest BCUT2D eigenvalue weighted by atomic mass is 32.2. The summed E-state index contributed by atoms with van der Waals surface area (Å²) in [5, 5.41) is 2.81. The molecule has 144 valence electrons. The third-order valence-electron chi connectivity index (χ3n) is 4.19. The Morgan fingerprint density at radius 1 is 1.04 bits per heavy atom. The molecule has 1 saturated carbocycles. The Hall–Kier alpha value is -2.22. The molecule has 2 N–H and O–H groups in total. The molecule has 0 radical (unpaired) electrons. The summed E-state index contributed by atoms with van der Waals surface area (Å²) in [4.78, 5) is 12.3. The van der Waals surface area contributed by atoms with Gasteiger partial charge in [0.05, 0.1) is 11.5 Å². The van der Waals surface area contributed by atoms with Crippen molar-refractivity contribution in [3.8, 4) is 0 Å². The zero-order chi connectivity index (χ0) is 19.1. The van der Waals surface area contributed by atoms with E-state index in [1.807, 2.05) is 30.3 Å².